The molecule has 0 fully saturated rings. The van der Waals surface area contributed by atoms with Crippen LogP contribution >= 0.6 is 0 Å². The number of aromatic carboxylic acids is 1. The summed E-state index contributed by atoms with van der Waals surface area (Å²) >= 11 is 0. The van der Waals surface area contributed by atoms with E-state index in [1.165, 1.54) is 28.3 Å². The van der Waals surface area contributed by atoms with Crippen LogP contribution in [0.2, 0.25) is 0 Å². The first-order valence-electron chi connectivity index (χ1n) is 7.84. The van der Waals surface area contributed by atoms with Crippen molar-refractivity contribution in [3.05, 3.63) is 29.1 Å². The van der Waals surface area contributed by atoms with Gasteiger partial charge in [0.15, 0.2) is 17.3 Å². The van der Waals surface area contributed by atoms with Gasteiger partial charge in [-0.05, 0) is 26.1 Å². The number of H-pyrrole nitrogens is 1. The molecule has 0 aliphatic carbocycles. The predicted molar refractivity (Wildman–Crippen MR) is 95.6 cm³/mol. The third-order valence-electron chi connectivity index (χ3n) is 3.97. The normalized spacial score (nSPS) is 10.5. The molecule has 0 saturated carbocycles. The van der Waals surface area contributed by atoms with Crippen LogP contribution in [0.5, 0.6) is 17.2 Å². The smallest absolute Gasteiger partial charge is 0.353 e. The van der Waals surface area contributed by atoms with Gasteiger partial charge in [0.05, 0.1) is 26.9 Å². The largest absolute Gasteiger partial charge is 0.493 e. The number of ketones is 1. The van der Waals surface area contributed by atoms with E-state index >= 15 is 0 Å². The van der Waals surface area contributed by atoms with Crippen LogP contribution in [0.3, 0.4) is 0 Å². The average molecular weight is 362 g/mol. The molecule has 0 aliphatic rings. The summed E-state index contributed by atoms with van der Waals surface area (Å²) in [6, 6.07) is 3.39. The Hall–Kier alpha value is -3.00. The number of carbonyl (C=O) groups is 2. The Morgan fingerprint density at radius 1 is 1.12 bits per heavy atom. The molecule has 0 amide bonds. The topological polar surface area (TPSA) is 110 Å². The summed E-state index contributed by atoms with van der Waals surface area (Å²) in [5.74, 6) is -0.411. The van der Waals surface area contributed by atoms with Gasteiger partial charge in [-0.25, -0.2) is 4.79 Å². The molecule has 3 N–H and O–H groups in total. The van der Waals surface area contributed by atoms with Crippen molar-refractivity contribution in [1.29, 1.82) is 0 Å². The lowest BCUT2D eigenvalue weighted by Crippen LogP contribution is -2.07. The molecule has 140 valence electrons. The molecule has 0 unspecified atom stereocenters. The van der Waals surface area contributed by atoms with Gasteiger partial charge in [0.1, 0.15) is 5.69 Å². The van der Waals surface area contributed by atoms with E-state index in [2.05, 4.69) is 10.3 Å². The summed E-state index contributed by atoms with van der Waals surface area (Å²) in [7, 11) is 6.18. The highest BCUT2D eigenvalue weighted by Crippen LogP contribution is 2.46. The molecule has 2 aromatic rings. The second-order valence-electron chi connectivity index (χ2n) is 5.50. The lowest BCUT2D eigenvalue weighted by molar-refractivity contribution is 0.0686. The van der Waals surface area contributed by atoms with Crippen LogP contribution in [0.4, 0.5) is 0 Å². The zero-order valence-electron chi connectivity index (χ0n) is 15.4. The van der Waals surface area contributed by atoms with E-state index < -0.39 is 5.97 Å². The fourth-order valence-electron chi connectivity index (χ4n) is 2.97. The lowest BCUT2D eigenvalue weighted by Gasteiger charge is -2.17. The molecule has 1 heterocycles. The zero-order chi connectivity index (χ0) is 19.4. The quantitative estimate of drug-likeness (QED) is 0.618. The van der Waals surface area contributed by atoms with E-state index in [1.54, 1.807) is 19.2 Å². The molecule has 0 saturated heterocycles. The third-order valence-corrected chi connectivity index (χ3v) is 3.97. The van der Waals surface area contributed by atoms with Crippen molar-refractivity contribution in [2.24, 2.45) is 0 Å². The summed E-state index contributed by atoms with van der Waals surface area (Å²) in [4.78, 5) is 26.7. The summed E-state index contributed by atoms with van der Waals surface area (Å²) in [5.41, 5.74) is 1.48. The standard InChI is InChI=1S/C18H22N2O6/c1-9(21)13-14(11(8-19-2)20-15(13)18(22)23)10-6-7-12(24-3)17(26-5)16(10)25-4/h6-7,19-20H,8H2,1-5H3,(H,22,23). The molecule has 8 heteroatoms. The van der Waals surface area contributed by atoms with Crippen molar-refractivity contribution in [2.75, 3.05) is 28.4 Å². The third kappa shape index (κ3) is 3.23. The highest BCUT2D eigenvalue weighted by atomic mass is 16.5. The second kappa shape index (κ2) is 7.92. The number of aromatic amines is 1. The Kier molecular flexibility index (Phi) is 5.89. The maximum Gasteiger partial charge on any atom is 0.353 e. The second-order valence-corrected chi connectivity index (χ2v) is 5.50. The van der Waals surface area contributed by atoms with Gasteiger partial charge in [0, 0.05) is 23.4 Å². The fourth-order valence-corrected chi connectivity index (χ4v) is 2.97. The van der Waals surface area contributed by atoms with Gasteiger partial charge in [-0.15, -0.1) is 0 Å². The number of benzene rings is 1. The number of hydrogen-bond donors (Lipinski definition) is 3. The van der Waals surface area contributed by atoms with Gasteiger partial charge < -0.3 is 29.6 Å². The van der Waals surface area contributed by atoms with E-state index in [9.17, 15) is 14.7 Å². The molecular formula is C18H22N2O6. The van der Waals surface area contributed by atoms with Gasteiger partial charge in [-0.1, -0.05) is 0 Å². The number of aromatic nitrogens is 1. The monoisotopic (exact) mass is 362 g/mol. The van der Waals surface area contributed by atoms with Crippen molar-refractivity contribution in [3.63, 3.8) is 0 Å². The van der Waals surface area contributed by atoms with Crippen LogP contribution in [-0.2, 0) is 6.54 Å². The summed E-state index contributed by atoms with van der Waals surface area (Å²) in [6.07, 6.45) is 0. The Morgan fingerprint density at radius 3 is 2.23 bits per heavy atom. The highest BCUT2D eigenvalue weighted by Gasteiger charge is 2.29. The van der Waals surface area contributed by atoms with Gasteiger partial charge in [0.2, 0.25) is 5.75 Å². The van der Waals surface area contributed by atoms with Crippen LogP contribution in [0.15, 0.2) is 12.1 Å². The Labute approximate surface area is 151 Å². The van der Waals surface area contributed by atoms with Crippen molar-refractivity contribution < 1.29 is 28.9 Å². The zero-order valence-corrected chi connectivity index (χ0v) is 15.4. The van der Waals surface area contributed by atoms with Gasteiger partial charge in [-0.3, -0.25) is 4.79 Å². The van der Waals surface area contributed by atoms with Crippen LogP contribution in [0.25, 0.3) is 11.1 Å². The number of hydrogen-bond acceptors (Lipinski definition) is 6. The number of rotatable bonds is 8. The number of carboxylic acid groups (broad SMARTS) is 1. The molecular weight excluding hydrogens is 340 g/mol. The van der Waals surface area contributed by atoms with Gasteiger partial charge in [-0.2, -0.15) is 0 Å². The molecule has 8 nitrogen and oxygen atoms in total. The van der Waals surface area contributed by atoms with Crippen molar-refractivity contribution in [2.45, 2.75) is 13.5 Å². The molecule has 0 spiro atoms. The van der Waals surface area contributed by atoms with Crippen LogP contribution < -0.4 is 19.5 Å². The Morgan fingerprint density at radius 2 is 1.77 bits per heavy atom. The lowest BCUT2D eigenvalue weighted by atomic mass is 9.96. The molecule has 0 bridgehead atoms. The van der Waals surface area contributed by atoms with E-state index in [1.807, 2.05) is 0 Å². The van der Waals surface area contributed by atoms with Crippen LogP contribution in [0, 0.1) is 0 Å². The number of carbonyl (C=O) groups excluding carboxylic acids is 1. The van der Waals surface area contributed by atoms with E-state index in [-0.39, 0.29) is 17.0 Å². The minimum Gasteiger partial charge on any atom is -0.493 e. The average Bonchev–Trinajstić information content (AvgIpc) is 3.00. The molecule has 0 radical (unpaired) electrons. The SMILES string of the molecule is CNCc1[nH]c(C(=O)O)c(C(C)=O)c1-c1ccc(OC)c(OC)c1OC. The summed E-state index contributed by atoms with van der Waals surface area (Å²) in [5, 5.41) is 12.5. The predicted octanol–water partition coefficient (Wildman–Crippen LogP) is 2.33. The first kappa shape index (κ1) is 19.3. The number of Topliss-reactive ketones (excluding diaryl/α,β-unsaturated/α-hetero) is 1. The molecule has 0 aliphatic heterocycles. The number of nitrogens with one attached hydrogen (secondary N) is 2. The minimum atomic E-state index is -1.21. The molecule has 2 rings (SSSR count). The van der Waals surface area contributed by atoms with Crippen molar-refractivity contribution in [3.8, 4) is 28.4 Å². The molecule has 1 aromatic carbocycles. The first-order valence-corrected chi connectivity index (χ1v) is 7.84. The molecule has 1 aromatic heterocycles. The Bertz CT molecular complexity index is 841. The fraction of sp³-hybridized carbons (Fsp3) is 0.333. The van der Waals surface area contributed by atoms with Gasteiger partial charge in [0.25, 0.3) is 0 Å². The maximum atomic E-state index is 12.3. The van der Waals surface area contributed by atoms with Crippen molar-refractivity contribution >= 4 is 11.8 Å². The summed E-state index contributed by atoms with van der Waals surface area (Å²) in [6.45, 7) is 1.66. The first-order chi connectivity index (χ1) is 12.4. The van der Waals surface area contributed by atoms with Crippen LogP contribution in [0.1, 0.15) is 33.5 Å². The Balaban J connectivity index is 2.91. The van der Waals surface area contributed by atoms with Crippen molar-refractivity contribution in [1.82, 2.24) is 10.3 Å². The van der Waals surface area contributed by atoms with Crippen LogP contribution in [-0.4, -0.2) is 50.2 Å². The molecule has 0 atom stereocenters. The van der Waals surface area contributed by atoms with Gasteiger partial charge >= 0.3 is 5.97 Å². The summed E-state index contributed by atoms with van der Waals surface area (Å²) < 4.78 is 16.2. The number of methoxy groups -OCH3 is 3. The molecule has 26 heavy (non-hydrogen) atoms. The maximum absolute atomic E-state index is 12.3. The van der Waals surface area contributed by atoms with E-state index in [0.717, 1.165) is 0 Å². The number of ether oxygens (including phenoxy) is 3. The minimum absolute atomic E-state index is 0.0910. The van der Waals surface area contributed by atoms with E-state index in [0.29, 0.717) is 40.6 Å². The van der Waals surface area contributed by atoms with E-state index in [4.69, 9.17) is 14.2 Å². The number of carboxylic acids is 1. The highest BCUT2D eigenvalue weighted by molar-refractivity contribution is 6.10.